The van der Waals surface area contributed by atoms with Gasteiger partial charge < -0.3 is 5.32 Å². The third kappa shape index (κ3) is 5.49. The maximum absolute atomic E-state index is 11.5. The SMILES string of the molecule is CC(C)NC(=O)NS(=O)(=O)/C=C/c1ccccc1. The van der Waals surface area contributed by atoms with Gasteiger partial charge in [-0.1, -0.05) is 30.3 Å². The van der Waals surface area contributed by atoms with Crippen molar-refractivity contribution in [2.45, 2.75) is 19.9 Å². The van der Waals surface area contributed by atoms with Gasteiger partial charge in [0.2, 0.25) is 0 Å². The van der Waals surface area contributed by atoms with E-state index in [2.05, 4.69) is 5.32 Å². The molecule has 0 aliphatic carbocycles. The zero-order valence-corrected chi connectivity index (χ0v) is 11.1. The number of benzene rings is 1. The molecule has 0 saturated heterocycles. The second-order valence-corrected chi connectivity index (χ2v) is 5.55. The normalized spacial score (nSPS) is 11.7. The van der Waals surface area contributed by atoms with E-state index < -0.39 is 16.1 Å². The van der Waals surface area contributed by atoms with Crippen molar-refractivity contribution in [3.8, 4) is 0 Å². The molecule has 1 aromatic carbocycles. The van der Waals surface area contributed by atoms with Crippen LogP contribution in [0.4, 0.5) is 4.79 Å². The summed E-state index contributed by atoms with van der Waals surface area (Å²) in [6, 6.07) is 8.10. The highest BCUT2D eigenvalue weighted by Crippen LogP contribution is 2.02. The molecule has 0 unspecified atom stereocenters. The van der Waals surface area contributed by atoms with Gasteiger partial charge in [-0.25, -0.2) is 17.9 Å². The molecular weight excluding hydrogens is 252 g/mol. The van der Waals surface area contributed by atoms with Gasteiger partial charge in [-0.15, -0.1) is 0 Å². The van der Waals surface area contributed by atoms with Gasteiger partial charge in [0.25, 0.3) is 10.0 Å². The van der Waals surface area contributed by atoms with Gasteiger partial charge in [-0.3, -0.25) is 0 Å². The van der Waals surface area contributed by atoms with Crippen LogP contribution in [0.3, 0.4) is 0 Å². The van der Waals surface area contributed by atoms with Crippen molar-refractivity contribution in [3.63, 3.8) is 0 Å². The van der Waals surface area contributed by atoms with Gasteiger partial charge in [0, 0.05) is 6.04 Å². The van der Waals surface area contributed by atoms with Crippen LogP contribution in [0.25, 0.3) is 6.08 Å². The number of carbonyl (C=O) groups excluding carboxylic acids is 1. The molecule has 0 heterocycles. The van der Waals surface area contributed by atoms with Crippen LogP contribution in [-0.4, -0.2) is 20.5 Å². The van der Waals surface area contributed by atoms with Crippen molar-refractivity contribution >= 4 is 22.1 Å². The first-order valence-electron chi connectivity index (χ1n) is 5.45. The van der Waals surface area contributed by atoms with Gasteiger partial charge in [-0.05, 0) is 25.5 Å². The fraction of sp³-hybridized carbons (Fsp3) is 0.250. The van der Waals surface area contributed by atoms with Crippen molar-refractivity contribution in [2.75, 3.05) is 0 Å². The second kappa shape index (κ2) is 6.20. The Morgan fingerprint density at radius 1 is 1.22 bits per heavy atom. The van der Waals surface area contributed by atoms with Crippen LogP contribution in [0.2, 0.25) is 0 Å². The minimum absolute atomic E-state index is 0.127. The molecule has 0 saturated carbocycles. The summed E-state index contributed by atoms with van der Waals surface area (Å²) < 4.78 is 25.0. The largest absolute Gasteiger partial charge is 0.335 e. The molecule has 0 aliphatic rings. The third-order valence-electron chi connectivity index (χ3n) is 1.89. The summed E-state index contributed by atoms with van der Waals surface area (Å²) in [4.78, 5) is 11.2. The van der Waals surface area contributed by atoms with Crippen LogP contribution >= 0.6 is 0 Å². The van der Waals surface area contributed by atoms with Crippen LogP contribution in [0, 0.1) is 0 Å². The van der Waals surface area contributed by atoms with E-state index >= 15 is 0 Å². The zero-order valence-electron chi connectivity index (χ0n) is 10.3. The number of sulfonamides is 1. The third-order valence-corrected chi connectivity index (χ3v) is 2.86. The molecule has 0 aliphatic heterocycles. The molecular formula is C12H16N2O3S. The minimum atomic E-state index is -3.77. The van der Waals surface area contributed by atoms with E-state index in [1.165, 1.54) is 6.08 Å². The summed E-state index contributed by atoms with van der Waals surface area (Å²) in [6.07, 6.45) is 1.42. The molecule has 1 rings (SSSR count). The Balaban J connectivity index is 2.66. The molecule has 0 fully saturated rings. The number of carbonyl (C=O) groups is 1. The lowest BCUT2D eigenvalue weighted by molar-refractivity contribution is 0.243. The van der Waals surface area contributed by atoms with Gasteiger partial charge >= 0.3 is 6.03 Å². The Kier molecular flexibility index (Phi) is 4.91. The lowest BCUT2D eigenvalue weighted by Gasteiger charge is -2.08. The first-order chi connectivity index (χ1) is 8.39. The standard InChI is InChI=1S/C12H16N2O3S/c1-10(2)13-12(15)14-18(16,17)9-8-11-6-4-3-5-7-11/h3-10H,1-2H3,(H2,13,14,15)/b9-8+. The Bertz CT molecular complexity index is 522. The van der Waals surface area contributed by atoms with Crippen molar-refractivity contribution in [3.05, 3.63) is 41.3 Å². The predicted octanol–water partition coefficient (Wildman–Crippen LogP) is 1.69. The first kappa shape index (κ1) is 14.2. The summed E-state index contributed by atoms with van der Waals surface area (Å²) in [5, 5.41) is 3.39. The lowest BCUT2D eigenvalue weighted by Crippen LogP contribution is -2.41. The van der Waals surface area contributed by atoms with Crippen molar-refractivity contribution in [2.24, 2.45) is 0 Å². The Labute approximate surface area is 107 Å². The molecule has 0 spiro atoms. The highest BCUT2D eigenvalue weighted by molar-refractivity contribution is 7.93. The number of hydrogen-bond donors (Lipinski definition) is 2. The van der Waals surface area contributed by atoms with E-state index in [-0.39, 0.29) is 6.04 Å². The maximum atomic E-state index is 11.5. The van der Waals surface area contributed by atoms with Gasteiger partial charge in [0.05, 0.1) is 5.41 Å². The summed E-state index contributed by atoms with van der Waals surface area (Å²) in [6.45, 7) is 3.48. The summed E-state index contributed by atoms with van der Waals surface area (Å²) in [7, 11) is -3.77. The fourth-order valence-electron chi connectivity index (χ4n) is 1.19. The van der Waals surface area contributed by atoms with Crippen LogP contribution in [0.15, 0.2) is 35.7 Å². The Morgan fingerprint density at radius 3 is 2.39 bits per heavy atom. The number of amides is 2. The van der Waals surface area contributed by atoms with Crippen LogP contribution < -0.4 is 10.0 Å². The molecule has 2 N–H and O–H groups in total. The van der Waals surface area contributed by atoms with Crippen molar-refractivity contribution in [1.29, 1.82) is 0 Å². The quantitative estimate of drug-likeness (QED) is 0.872. The van der Waals surface area contributed by atoms with Crippen molar-refractivity contribution in [1.82, 2.24) is 10.0 Å². The molecule has 2 amide bonds. The molecule has 0 bridgehead atoms. The van der Waals surface area contributed by atoms with Crippen molar-refractivity contribution < 1.29 is 13.2 Å². The van der Waals surface area contributed by atoms with E-state index in [9.17, 15) is 13.2 Å². The molecule has 5 nitrogen and oxygen atoms in total. The number of nitrogens with one attached hydrogen (secondary N) is 2. The summed E-state index contributed by atoms with van der Waals surface area (Å²) in [5.74, 6) is 0. The average Bonchev–Trinajstić information content (AvgIpc) is 2.26. The van der Waals surface area contributed by atoms with Crippen LogP contribution in [0.1, 0.15) is 19.4 Å². The molecule has 18 heavy (non-hydrogen) atoms. The maximum Gasteiger partial charge on any atom is 0.328 e. The second-order valence-electron chi connectivity index (χ2n) is 3.99. The van der Waals surface area contributed by atoms with Crippen LogP contribution in [0.5, 0.6) is 0 Å². The average molecular weight is 268 g/mol. The number of urea groups is 1. The summed E-state index contributed by atoms with van der Waals surface area (Å²) >= 11 is 0. The van der Waals surface area contributed by atoms with E-state index in [0.717, 1.165) is 11.0 Å². The van der Waals surface area contributed by atoms with Gasteiger partial charge in [0.15, 0.2) is 0 Å². The van der Waals surface area contributed by atoms with E-state index in [4.69, 9.17) is 0 Å². The molecule has 98 valence electrons. The molecule has 0 atom stereocenters. The van der Waals surface area contributed by atoms with E-state index in [1.807, 2.05) is 10.8 Å². The summed E-state index contributed by atoms with van der Waals surface area (Å²) in [5.41, 5.74) is 0.743. The molecule has 0 aromatic heterocycles. The predicted molar refractivity (Wildman–Crippen MR) is 71.2 cm³/mol. The zero-order chi connectivity index (χ0) is 13.6. The highest BCUT2D eigenvalue weighted by Gasteiger charge is 2.11. The van der Waals surface area contributed by atoms with Crippen LogP contribution in [-0.2, 0) is 10.0 Å². The minimum Gasteiger partial charge on any atom is -0.335 e. The number of rotatable bonds is 4. The number of hydrogen-bond acceptors (Lipinski definition) is 3. The Hall–Kier alpha value is -1.82. The van der Waals surface area contributed by atoms with E-state index in [1.54, 1.807) is 38.1 Å². The smallest absolute Gasteiger partial charge is 0.328 e. The monoisotopic (exact) mass is 268 g/mol. The van der Waals surface area contributed by atoms with Gasteiger partial charge in [-0.2, -0.15) is 0 Å². The fourth-order valence-corrected chi connectivity index (χ4v) is 1.91. The molecule has 0 radical (unpaired) electrons. The van der Waals surface area contributed by atoms with E-state index in [0.29, 0.717) is 0 Å². The molecule has 1 aromatic rings. The molecule has 6 heteroatoms. The highest BCUT2D eigenvalue weighted by atomic mass is 32.2. The first-order valence-corrected chi connectivity index (χ1v) is 7.00. The lowest BCUT2D eigenvalue weighted by atomic mass is 10.2. The Morgan fingerprint density at radius 2 is 1.83 bits per heavy atom. The van der Waals surface area contributed by atoms with Gasteiger partial charge in [0.1, 0.15) is 0 Å². The topological polar surface area (TPSA) is 75.3 Å².